The second-order valence-corrected chi connectivity index (χ2v) is 6.70. The number of nitrogens with zero attached hydrogens (tertiary/aromatic N) is 2. The van der Waals surface area contributed by atoms with Gasteiger partial charge in [-0.15, -0.1) is 0 Å². The number of rotatable bonds is 4. The molecule has 4 rings (SSSR count). The third kappa shape index (κ3) is 3.47. The van der Waals surface area contributed by atoms with E-state index in [0.29, 0.717) is 5.75 Å². The van der Waals surface area contributed by atoms with Gasteiger partial charge in [-0.2, -0.15) is 0 Å². The lowest BCUT2D eigenvalue weighted by Crippen LogP contribution is -2.33. The molecule has 4 aromatic rings. The van der Waals surface area contributed by atoms with Crippen LogP contribution < -0.4 is 10.1 Å². The van der Waals surface area contributed by atoms with Crippen LogP contribution in [0.4, 0.5) is 4.79 Å². The monoisotopic (exact) mass is 371 g/mol. The van der Waals surface area contributed by atoms with Crippen molar-refractivity contribution in [3.05, 3.63) is 102 Å². The van der Waals surface area contributed by atoms with Crippen LogP contribution in [0.5, 0.6) is 5.75 Å². The van der Waals surface area contributed by atoms with Crippen LogP contribution in [-0.2, 0) is 0 Å². The van der Waals surface area contributed by atoms with Gasteiger partial charge in [0.25, 0.3) is 0 Å². The second kappa shape index (κ2) is 7.56. The number of aromatic nitrogens is 2. The molecule has 5 nitrogen and oxygen atoms in total. The molecule has 0 radical (unpaired) electrons. The summed E-state index contributed by atoms with van der Waals surface area (Å²) in [5.41, 5.74) is 4.93. The van der Waals surface area contributed by atoms with Crippen molar-refractivity contribution in [2.24, 2.45) is 0 Å². The van der Waals surface area contributed by atoms with Gasteiger partial charge < -0.3 is 14.5 Å². The molecule has 28 heavy (non-hydrogen) atoms. The maximum absolute atomic E-state index is 12.7. The highest BCUT2D eigenvalue weighted by molar-refractivity contribution is 5.72. The Morgan fingerprint density at radius 1 is 0.964 bits per heavy atom. The summed E-state index contributed by atoms with van der Waals surface area (Å²) in [5.74, 6) is 0.499. The smallest absolute Gasteiger partial charge is 0.410 e. The molecule has 5 heteroatoms. The summed E-state index contributed by atoms with van der Waals surface area (Å²) in [5, 5.41) is 3.04. The van der Waals surface area contributed by atoms with Gasteiger partial charge >= 0.3 is 6.09 Å². The van der Waals surface area contributed by atoms with Crippen LogP contribution in [0.2, 0.25) is 0 Å². The Kier molecular flexibility index (Phi) is 4.81. The highest BCUT2D eigenvalue weighted by Crippen LogP contribution is 2.28. The van der Waals surface area contributed by atoms with E-state index < -0.39 is 12.1 Å². The number of imidazole rings is 1. The Morgan fingerprint density at radius 3 is 2.43 bits per heavy atom. The first kappa shape index (κ1) is 17.8. The molecule has 1 atom stereocenters. The highest BCUT2D eigenvalue weighted by atomic mass is 16.6. The van der Waals surface area contributed by atoms with E-state index in [4.69, 9.17) is 4.74 Å². The minimum atomic E-state index is -0.510. The first-order valence-electron chi connectivity index (χ1n) is 9.15. The molecule has 0 aliphatic carbocycles. The summed E-state index contributed by atoms with van der Waals surface area (Å²) in [4.78, 5) is 17.2. The normalized spacial score (nSPS) is 11.9. The van der Waals surface area contributed by atoms with Crippen molar-refractivity contribution in [2.45, 2.75) is 19.9 Å². The van der Waals surface area contributed by atoms with E-state index in [1.807, 2.05) is 79.0 Å². The molecule has 2 heterocycles. The maximum Gasteiger partial charge on any atom is 0.413 e. The van der Waals surface area contributed by atoms with Crippen LogP contribution in [0.3, 0.4) is 0 Å². The van der Waals surface area contributed by atoms with Gasteiger partial charge in [-0.25, -0.2) is 9.78 Å². The number of hydrogen-bond acceptors (Lipinski definition) is 3. The first-order valence-corrected chi connectivity index (χ1v) is 9.15. The lowest BCUT2D eigenvalue weighted by atomic mass is 9.94. The van der Waals surface area contributed by atoms with Gasteiger partial charge in [0.05, 0.1) is 11.9 Å². The zero-order valence-corrected chi connectivity index (χ0v) is 15.8. The molecular formula is C23H21N3O2. The number of pyridine rings is 1. The van der Waals surface area contributed by atoms with E-state index in [2.05, 4.69) is 10.3 Å². The number of hydrogen-bond donors (Lipinski definition) is 1. The number of nitrogens with one attached hydrogen (secondary N) is 1. The van der Waals surface area contributed by atoms with E-state index in [-0.39, 0.29) is 0 Å². The number of benzene rings is 2. The van der Waals surface area contributed by atoms with Gasteiger partial charge in [-0.3, -0.25) is 0 Å². The summed E-state index contributed by atoms with van der Waals surface area (Å²) in [6.45, 7) is 4.09. The van der Waals surface area contributed by atoms with Crippen molar-refractivity contribution >= 4 is 11.7 Å². The SMILES string of the molecule is Cc1cccc(C)c1C(NC(=O)Oc1ccccc1)c1cnc2ccccn12. The van der Waals surface area contributed by atoms with Crippen molar-refractivity contribution < 1.29 is 9.53 Å². The predicted octanol–water partition coefficient (Wildman–Crippen LogP) is 4.83. The van der Waals surface area contributed by atoms with Crippen LogP contribution in [0.1, 0.15) is 28.4 Å². The average Bonchev–Trinajstić information content (AvgIpc) is 3.12. The van der Waals surface area contributed by atoms with Gasteiger partial charge in [0, 0.05) is 6.20 Å². The number of carbonyl (C=O) groups is 1. The zero-order valence-electron chi connectivity index (χ0n) is 15.8. The molecule has 0 aliphatic rings. The lowest BCUT2D eigenvalue weighted by molar-refractivity contribution is 0.197. The molecule has 0 bridgehead atoms. The first-order chi connectivity index (χ1) is 13.6. The molecule has 1 amide bonds. The van der Waals surface area contributed by atoms with Crippen molar-refractivity contribution in [1.29, 1.82) is 0 Å². The van der Waals surface area contributed by atoms with Crippen LogP contribution >= 0.6 is 0 Å². The molecular weight excluding hydrogens is 350 g/mol. The van der Waals surface area contributed by atoms with Gasteiger partial charge in [0.1, 0.15) is 17.4 Å². The van der Waals surface area contributed by atoms with E-state index in [1.165, 1.54) is 0 Å². The Hall–Kier alpha value is -3.60. The predicted molar refractivity (Wildman–Crippen MR) is 109 cm³/mol. The van der Waals surface area contributed by atoms with E-state index in [1.54, 1.807) is 18.3 Å². The topological polar surface area (TPSA) is 55.6 Å². The highest BCUT2D eigenvalue weighted by Gasteiger charge is 2.24. The third-order valence-electron chi connectivity index (χ3n) is 4.79. The average molecular weight is 371 g/mol. The fourth-order valence-corrected chi connectivity index (χ4v) is 3.49. The molecule has 0 saturated heterocycles. The fraction of sp³-hybridized carbons (Fsp3) is 0.130. The largest absolute Gasteiger partial charge is 0.413 e. The zero-order chi connectivity index (χ0) is 19.5. The Bertz CT molecular complexity index is 1100. The number of aryl methyl sites for hydroxylation is 2. The minimum Gasteiger partial charge on any atom is -0.410 e. The number of amides is 1. The van der Waals surface area contributed by atoms with E-state index in [0.717, 1.165) is 28.0 Å². The fourth-order valence-electron chi connectivity index (χ4n) is 3.49. The molecule has 0 aliphatic heterocycles. The Balaban J connectivity index is 1.75. The third-order valence-corrected chi connectivity index (χ3v) is 4.79. The molecule has 0 saturated carbocycles. The summed E-state index contributed by atoms with van der Waals surface area (Å²) < 4.78 is 7.46. The minimum absolute atomic E-state index is 0.394. The van der Waals surface area contributed by atoms with Gasteiger partial charge in [0.15, 0.2) is 0 Å². The Morgan fingerprint density at radius 2 is 1.68 bits per heavy atom. The molecule has 1 N–H and O–H groups in total. The molecule has 140 valence electrons. The molecule has 2 aromatic heterocycles. The standard InChI is InChI=1S/C23H21N3O2/c1-16-9-8-10-17(2)21(16)22(19-15-24-20-13-6-7-14-26(19)20)25-23(27)28-18-11-4-3-5-12-18/h3-15,22H,1-2H3,(H,25,27). The van der Waals surface area contributed by atoms with Crippen molar-refractivity contribution in [3.8, 4) is 5.75 Å². The van der Waals surface area contributed by atoms with Gasteiger partial charge in [0.2, 0.25) is 0 Å². The summed E-state index contributed by atoms with van der Waals surface area (Å²) in [6, 6.07) is 20.6. The van der Waals surface area contributed by atoms with Crippen molar-refractivity contribution in [1.82, 2.24) is 14.7 Å². The summed E-state index contributed by atoms with van der Waals surface area (Å²) in [6.07, 6.45) is 3.24. The van der Waals surface area contributed by atoms with Gasteiger partial charge in [-0.1, -0.05) is 42.5 Å². The number of carbonyl (C=O) groups excluding carboxylic acids is 1. The summed E-state index contributed by atoms with van der Waals surface area (Å²) in [7, 11) is 0. The van der Waals surface area contributed by atoms with Crippen molar-refractivity contribution in [2.75, 3.05) is 0 Å². The molecule has 2 aromatic carbocycles. The van der Waals surface area contributed by atoms with Gasteiger partial charge in [-0.05, 0) is 54.8 Å². The number of fused-ring (bicyclic) bond motifs is 1. The molecule has 1 unspecified atom stereocenters. The lowest BCUT2D eigenvalue weighted by Gasteiger charge is -2.22. The van der Waals surface area contributed by atoms with E-state index >= 15 is 0 Å². The van der Waals surface area contributed by atoms with Crippen LogP contribution in [-0.4, -0.2) is 15.5 Å². The maximum atomic E-state index is 12.7. The Labute approximate surface area is 163 Å². The van der Waals surface area contributed by atoms with Crippen molar-refractivity contribution in [3.63, 3.8) is 0 Å². The van der Waals surface area contributed by atoms with Crippen LogP contribution in [0.25, 0.3) is 5.65 Å². The molecule has 0 spiro atoms. The molecule has 0 fully saturated rings. The quantitative estimate of drug-likeness (QED) is 0.559. The van der Waals surface area contributed by atoms with E-state index in [9.17, 15) is 4.79 Å². The van der Waals surface area contributed by atoms with Crippen LogP contribution in [0, 0.1) is 13.8 Å². The second-order valence-electron chi connectivity index (χ2n) is 6.70. The van der Waals surface area contributed by atoms with Crippen LogP contribution in [0.15, 0.2) is 79.1 Å². The number of ether oxygens (including phenoxy) is 1. The number of para-hydroxylation sites is 1. The summed E-state index contributed by atoms with van der Waals surface area (Å²) >= 11 is 0.